The number of carbonyl (C=O) groups is 1. The predicted octanol–water partition coefficient (Wildman–Crippen LogP) is 4.33. The monoisotopic (exact) mass is 464 g/mol. The second-order valence-electron chi connectivity index (χ2n) is 8.19. The van der Waals surface area contributed by atoms with Crippen LogP contribution in [0.25, 0.3) is 11.3 Å². The summed E-state index contributed by atoms with van der Waals surface area (Å²) >= 11 is 0. The van der Waals surface area contributed by atoms with E-state index in [-0.39, 0.29) is 23.0 Å². The normalized spacial score (nSPS) is 14.5. The Morgan fingerprint density at radius 1 is 0.879 bits per heavy atom. The van der Waals surface area contributed by atoms with Crippen molar-refractivity contribution in [1.82, 2.24) is 10.2 Å². The minimum atomic E-state index is -3.50. The largest absolute Gasteiger partial charge is 0.355 e. The first-order valence-corrected chi connectivity index (χ1v) is 12.9. The molecule has 7 nitrogen and oxygen atoms in total. The first-order chi connectivity index (χ1) is 16.0. The number of sulfone groups is 1. The number of amides is 1. The van der Waals surface area contributed by atoms with Crippen molar-refractivity contribution in [3.8, 4) is 11.3 Å². The minimum absolute atomic E-state index is 0.119. The molecule has 0 aliphatic carbocycles. The molecule has 1 amide bonds. The topological polar surface area (TPSA) is 92.3 Å². The van der Waals surface area contributed by atoms with E-state index in [0.29, 0.717) is 5.69 Å². The summed E-state index contributed by atoms with van der Waals surface area (Å²) in [4.78, 5) is 14.9. The number of carbonyl (C=O) groups excluding carboxylic acids is 1. The number of nitrogens with one attached hydrogen (secondary N) is 1. The van der Waals surface area contributed by atoms with Crippen molar-refractivity contribution in [1.29, 1.82) is 0 Å². The van der Waals surface area contributed by atoms with Crippen LogP contribution in [0.15, 0.2) is 71.6 Å². The molecule has 3 aromatic rings. The third kappa shape index (κ3) is 6.16. The zero-order valence-corrected chi connectivity index (χ0v) is 19.3. The third-order valence-corrected chi connectivity index (χ3v) is 7.45. The molecule has 0 atom stereocenters. The number of aromatic nitrogens is 2. The molecule has 0 saturated carbocycles. The number of hydrogen-bond acceptors (Lipinski definition) is 6. The van der Waals surface area contributed by atoms with Crippen LogP contribution < -0.4 is 10.2 Å². The zero-order chi connectivity index (χ0) is 23.1. The average molecular weight is 465 g/mol. The second kappa shape index (κ2) is 10.6. The quantitative estimate of drug-likeness (QED) is 0.560. The van der Waals surface area contributed by atoms with Crippen LogP contribution in [-0.2, 0) is 14.6 Å². The van der Waals surface area contributed by atoms with Crippen LogP contribution in [0, 0.1) is 0 Å². The highest BCUT2D eigenvalue weighted by molar-refractivity contribution is 7.91. The highest BCUT2D eigenvalue weighted by Crippen LogP contribution is 2.23. The molecule has 1 saturated heterocycles. The predicted molar refractivity (Wildman–Crippen MR) is 130 cm³/mol. The maximum atomic E-state index is 12.4. The molecule has 4 rings (SSSR count). The molecule has 0 unspecified atom stereocenters. The lowest BCUT2D eigenvalue weighted by atomic mass is 10.1. The van der Waals surface area contributed by atoms with E-state index in [0.717, 1.165) is 30.2 Å². The summed E-state index contributed by atoms with van der Waals surface area (Å²) in [5.41, 5.74) is 2.14. The van der Waals surface area contributed by atoms with E-state index in [1.165, 1.54) is 37.8 Å². The van der Waals surface area contributed by atoms with Gasteiger partial charge in [0.25, 0.3) is 0 Å². The molecule has 2 aromatic carbocycles. The van der Waals surface area contributed by atoms with Crippen LogP contribution >= 0.6 is 0 Å². The van der Waals surface area contributed by atoms with E-state index >= 15 is 0 Å². The molecule has 1 N–H and O–H groups in total. The summed E-state index contributed by atoms with van der Waals surface area (Å²) in [5, 5.41) is 11.6. The van der Waals surface area contributed by atoms with E-state index in [9.17, 15) is 13.2 Å². The number of hydrogen-bond donors (Lipinski definition) is 1. The Kier molecular flexibility index (Phi) is 7.34. The van der Waals surface area contributed by atoms with Gasteiger partial charge in [0.1, 0.15) is 0 Å². The van der Waals surface area contributed by atoms with Crippen molar-refractivity contribution >= 4 is 27.2 Å². The fourth-order valence-corrected chi connectivity index (χ4v) is 5.16. The Balaban J connectivity index is 1.38. The van der Waals surface area contributed by atoms with Crippen LogP contribution in [0.5, 0.6) is 0 Å². The second-order valence-corrected chi connectivity index (χ2v) is 10.3. The van der Waals surface area contributed by atoms with Crippen molar-refractivity contribution in [3.63, 3.8) is 0 Å². The fourth-order valence-electron chi connectivity index (χ4n) is 3.90. The molecular weight excluding hydrogens is 436 g/mol. The van der Waals surface area contributed by atoms with Crippen molar-refractivity contribution in [2.24, 2.45) is 0 Å². The smallest absolute Gasteiger partial charge is 0.225 e. The first kappa shape index (κ1) is 22.9. The van der Waals surface area contributed by atoms with Crippen molar-refractivity contribution in [2.45, 2.75) is 37.0 Å². The summed E-state index contributed by atoms with van der Waals surface area (Å²) in [6.07, 6.45) is 4.76. The highest BCUT2D eigenvalue weighted by atomic mass is 32.2. The van der Waals surface area contributed by atoms with Gasteiger partial charge in [-0.1, -0.05) is 43.2 Å². The molecule has 0 radical (unpaired) electrons. The Labute approximate surface area is 194 Å². The lowest BCUT2D eigenvalue weighted by Gasteiger charge is -2.20. The number of benzene rings is 2. The van der Waals surface area contributed by atoms with Crippen LogP contribution in [0.3, 0.4) is 0 Å². The zero-order valence-electron chi connectivity index (χ0n) is 18.5. The van der Waals surface area contributed by atoms with Gasteiger partial charge in [0.15, 0.2) is 15.7 Å². The lowest BCUT2D eigenvalue weighted by Crippen LogP contribution is -2.25. The molecule has 0 bridgehead atoms. The molecule has 1 aromatic heterocycles. The summed E-state index contributed by atoms with van der Waals surface area (Å²) < 4.78 is 24.8. The minimum Gasteiger partial charge on any atom is -0.355 e. The number of rotatable bonds is 7. The van der Waals surface area contributed by atoms with E-state index in [4.69, 9.17) is 0 Å². The standard InChI is InChI=1S/C25H28N4O3S/c30-25(15-18-33(31,32)22-11-4-3-5-12-22)26-21-10-8-9-20(19-21)23-13-14-24(28-27-23)29-16-6-1-2-7-17-29/h3-5,8-14,19H,1-2,6-7,15-18H2,(H,26,30). The van der Waals surface area contributed by atoms with Crippen LogP contribution in [0.4, 0.5) is 11.5 Å². The first-order valence-electron chi connectivity index (χ1n) is 11.3. The van der Waals surface area contributed by atoms with Crippen LogP contribution in [0.1, 0.15) is 32.1 Å². The van der Waals surface area contributed by atoms with Gasteiger partial charge in [0.05, 0.1) is 16.3 Å². The number of nitrogens with zero attached hydrogens (tertiary/aromatic N) is 3. The van der Waals surface area contributed by atoms with Gasteiger partial charge < -0.3 is 10.2 Å². The van der Waals surface area contributed by atoms with Gasteiger partial charge in [0, 0.05) is 30.8 Å². The Bertz CT molecular complexity index is 1170. The molecule has 172 valence electrons. The number of anilines is 2. The highest BCUT2D eigenvalue weighted by Gasteiger charge is 2.16. The van der Waals surface area contributed by atoms with Crippen LogP contribution in [-0.4, -0.2) is 43.4 Å². The lowest BCUT2D eigenvalue weighted by molar-refractivity contribution is -0.115. The molecular formula is C25H28N4O3S. The van der Waals surface area contributed by atoms with E-state index < -0.39 is 9.84 Å². The summed E-state index contributed by atoms with van der Waals surface area (Å²) in [6.45, 7) is 2.02. The maximum absolute atomic E-state index is 12.4. The van der Waals surface area contributed by atoms with Gasteiger partial charge in [-0.15, -0.1) is 10.2 Å². The summed E-state index contributed by atoms with van der Waals surface area (Å²) in [6, 6.07) is 19.4. The molecule has 1 fully saturated rings. The van der Waals surface area contributed by atoms with Gasteiger partial charge in [0.2, 0.25) is 5.91 Å². The maximum Gasteiger partial charge on any atom is 0.225 e. The van der Waals surface area contributed by atoms with Gasteiger partial charge in [-0.05, 0) is 49.2 Å². The Morgan fingerprint density at radius 3 is 2.33 bits per heavy atom. The molecule has 1 aliphatic rings. The van der Waals surface area contributed by atoms with Crippen LogP contribution in [0.2, 0.25) is 0 Å². The molecule has 1 aliphatic heterocycles. The van der Waals surface area contributed by atoms with Crippen molar-refractivity contribution in [3.05, 3.63) is 66.7 Å². The van der Waals surface area contributed by atoms with E-state index in [1.807, 2.05) is 30.3 Å². The summed E-state index contributed by atoms with van der Waals surface area (Å²) in [7, 11) is -3.50. The van der Waals surface area contributed by atoms with Gasteiger partial charge in [-0.2, -0.15) is 0 Å². The molecule has 8 heteroatoms. The van der Waals surface area contributed by atoms with E-state index in [1.54, 1.807) is 24.3 Å². The molecule has 2 heterocycles. The van der Waals surface area contributed by atoms with E-state index in [2.05, 4.69) is 20.4 Å². The van der Waals surface area contributed by atoms with Crippen molar-refractivity contribution < 1.29 is 13.2 Å². The van der Waals surface area contributed by atoms with Gasteiger partial charge in [-0.25, -0.2) is 8.42 Å². The van der Waals surface area contributed by atoms with Crippen molar-refractivity contribution in [2.75, 3.05) is 29.1 Å². The molecule has 33 heavy (non-hydrogen) atoms. The summed E-state index contributed by atoms with van der Waals surface area (Å²) in [5.74, 6) is 0.297. The third-order valence-electron chi connectivity index (χ3n) is 5.72. The van der Waals surface area contributed by atoms with Gasteiger partial charge >= 0.3 is 0 Å². The Morgan fingerprint density at radius 2 is 1.64 bits per heavy atom. The molecule has 0 spiro atoms. The average Bonchev–Trinajstić information content (AvgIpc) is 3.13. The Hall–Kier alpha value is -3.26. The van der Waals surface area contributed by atoms with Gasteiger partial charge in [-0.3, -0.25) is 4.79 Å². The SMILES string of the molecule is O=C(CCS(=O)(=O)c1ccccc1)Nc1cccc(-c2ccc(N3CCCCCC3)nn2)c1. The fraction of sp³-hybridized carbons (Fsp3) is 0.320.